The Hall–Kier alpha value is -1.35. The van der Waals surface area contributed by atoms with Gasteiger partial charge in [-0.2, -0.15) is 0 Å². The number of hydrogen-bond acceptors (Lipinski definition) is 7. The molecule has 2 aliphatic rings. The Bertz CT molecular complexity index is 747. The molecule has 0 saturated carbocycles. The van der Waals surface area contributed by atoms with Gasteiger partial charge >= 0.3 is 0 Å². The fourth-order valence-corrected chi connectivity index (χ4v) is 4.08. The predicted octanol–water partition coefficient (Wildman–Crippen LogP) is 2.08. The van der Waals surface area contributed by atoms with Crippen molar-refractivity contribution in [3.8, 4) is 5.75 Å². The van der Waals surface area contributed by atoms with Gasteiger partial charge in [-0.05, 0) is 24.6 Å². The van der Waals surface area contributed by atoms with Crippen LogP contribution in [0, 0.1) is 0 Å². The minimum atomic E-state index is -3.58. The lowest BCUT2D eigenvalue weighted by atomic mass is 10.1. The van der Waals surface area contributed by atoms with Crippen LogP contribution in [0.1, 0.15) is 18.9 Å². The van der Waals surface area contributed by atoms with Gasteiger partial charge in [-0.15, -0.1) is 11.6 Å². The van der Waals surface area contributed by atoms with Crippen molar-refractivity contribution in [2.24, 2.45) is 5.16 Å². The zero-order valence-corrected chi connectivity index (χ0v) is 15.4. The summed E-state index contributed by atoms with van der Waals surface area (Å²) in [5.41, 5.74) is -0.163. The normalized spacial score (nSPS) is 24.2. The SMILES string of the molecule is CC1(CCl)CC(S(=O)(=O)Cc2cccc(OCC3OCCO3)c2)=NO1. The molecule has 1 aromatic carbocycles. The number of oxime groups is 1. The van der Waals surface area contributed by atoms with Crippen molar-refractivity contribution in [3.63, 3.8) is 0 Å². The van der Waals surface area contributed by atoms with Crippen molar-refractivity contribution >= 4 is 26.5 Å². The average molecular weight is 390 g/mol. The van der Waals surface area contributed by atoms with Crippen LogP contribution in [-0.2, 0) is 29.9 Å². The van der Waals surface area contributed by atoms with E-state index in [9.17, 15) is 8.42 Å². The van der Waals surface area contributed by atoms with Crippen LogP contribution >= 0.6 is 11.6 Å². The molecule has 0 amide bonds. The third kappa shape index (κ3) is 4.63. The summed E-state index contributed by atoms with van der Waals surface area (Å²) in [4.78, 5) is 5.17. The third-order valence-electron chi connectivity index (χ3n) is 3.87. The monoisotopic (exact) mass is 389 g/mol. The van der Waals surface area contributed by atoms with Gasteiger partial charge in [0.05, 0.1) is 24.8 Å². The second kappa shape index (κ2) is 7.49. The quantitative estimate of drug-likeness (QED) is 0.693. The van der Waals surface area contributed by atoms with Crippen LogP contribution in [0.3, 0.4) is 0 Å². The van der Waals surface area contributed by atoms with Crippen LogP contribution in [0.5, 0.6) is 5.75 Å². The van der Waals surface area contributed by atoms with Crippen molar-refractivity contribution in [3.05, 3.63) is 29.8 Å². The van der Waals surface area contributed by atoms with Crippen molar-refractivity contribution in [1.29, 1.82) is 0 Å². The van der Waals surface area contributed by atoms with Gasteiger partial charge in [-0.1, -0.05) is 17.3 Å². The Balaban J connectivity index is 1.63. The molecule has 0 N–H and O–H groups in total. The van der Waals surface area contributed by atoms with Crippen molar-refractivity contribution in [1.82, 2.24) is 0 Å². The van der Waals surface area contributed by atoms with Gasteiger partial charge in [0.25, 0.3) is 0 Å². The van der Waals surface area contributed by atoms with Gasteiger partial charge in [0, 0.05) is 6.42 Å². The van der Waals surface area contributed by atoms with Gasteiger partial charge in [0.1, 0.15) is 12.4 Å². The van der Waals surface area contributed by atoms with Crippen LogP contribution in [0.4, 0.5) is 0 Å². The smallest absolute Gasteiger partial charge is 0.199 e. The molecule has 3 rings (SSSR count). The first-order valence-electron chi connectivity index (χ1n) is 7.89. The van der Waals surface area contributed by atoms with Crippen LogP contribution in [0.15, 0.2) is 29.4 Å². The molecule has 0 bridgehead atoms. The molecule has 0 spiro atoms. The van der Waals surface area contributed by atoms with E-state index in [0.717, 1.165) is 0 Å². The first-order valence-corrected chi connectivity index (χ1v) is 10.1. The number of alkyl halides is 1. The van der Waals surface area contributed by atoms with E-state index in [2.05, 4.69) is 5.16 Å². The minimum Gasteiger partial charge on any atom is -0.488 e. The van der Waals surface area contributed by atoms with Gasteiger partial charge in [-0.3, -0.25) is 0 Å². The zero-order valence-electron chi connectivity index (χ0n) is 13.8. The standard InChI is InChI=1S/C16H20ClNO6S/c1-16(11-17)8-14(18-24-16)25(19,20)10-12-3-2-4-13(7-12)23-9-15-21-5-6-22-15/h2-4,7,15H,5-6,8-11H2,1H3. The minimum absolute atomic E-state index is 0.0229. The number of halogens is 1. The number of sulfone groups is 1. The maximum absolute atomic E-state index is 12.5. The van der Waals surface area contributed by atoms with E-state index in [4.69, 9.17) is 30.6 Å². The summed E-state index contributed by atoms with van der Waals surface area (Å²) in [5.74, 6) is 0.549. The molecule has 0 aromatic heterocycles. The largest absolute Gasteiger partial charge is 0.488 e. The Morgan fingerprint density at radius 1 is 1.36 bits per heavy atom. The molecule has 1 saturated heterocycles. The lowest BCUT2D eigenvalue weighted by Gasteiger charge is -2.16. The molecule has 2 aliphatic heterocycles. The highest BCUT2D eigenvalue weighted by Crippen LogP contribution is 2.28. The van der Waals surface area contributed by atoms with E-state index in [1.165, 1.54) is 0 Å². The van der Waals surface area contributed by atoms with Crippen LogP contribution in [0.2, 0.25) is 0 Å². The third-order valence-corrected chi connectivity index (χ3v) is 6.08. The molecular formula is C16H20ClNO6S. The van der Waals surface area contributed by atoms with Crippen LogP contribution < -0.4 is 4.74 Å². The summed E-state index contributed by atoms with van der Waals surface area (Å²) < 4.78 is 41.3. The highest BCUT2D eigenvalue weighted by atomic mass is 35.5. The molecule has 0 aliphatic carbocycles. The zero-order chi connectivity index (χ0) is 17.9. The summed E-state index contributed by atoms with van der Waals surface area (Å²) in [5, 5.41) is 3.74. The average Bonchev–Trinajstić information content (AvgIpc) is 3.23. The predicted molar refractivity (Wildman–Crippen MR) is 92.5 cm³/mol. The molecule has 1 fully saturated rings. The van der Waals surface area contributed by atoms with E-state index in [1.54, 1.807) is 31.2 Å². The first-order chi connectivity index (χ1) is 11.9. The van der Waals surface area contributed by atoms with Crippen molar-refractivity contribution in [2.75, 3.05) is 25.7 Å². The molecule has 2 heterocycles. The van der Waals surface area contributed by atoms with E-state index in [1.807, 2.05) is 0 Å². The van der Waals surface area contributed by atoms with Gasteiger partial charge in [-0.25, -0.2) is 8.42 Å². The number of nitrogens with zero attached hydrogens (tertiary/aromatic N) is 1. The lowest BCUT2D eigenvalue weighted by molar-refractivity contribution is -0.0684. The van der Waals surface area contributed by atoms with Gasteiger partial charge < -0.3 is 19.0 Å². The number of ether oxygens (including phenoxy) is 3. The Labute approximate surface area is 151 Å². The summed E-state index contributed by atoms with van der Waals surface area (Å²) in [6.07, 6.45) is -0.212. The molecule has 25 heavy (non-hydrogen) atoms. The maximum Gasteiger partial charge on any atom is 0.199 e. The van der Waals surface area contributed by atoms with E-state index >= 15 is 0 Å². The molecule has 1 aromatic rings. The van der Waals surface area contributed by atoms with Crippen LogP contribution in [-0.4, -0.2) is 51.1 Å². The summed E-state index contributed by atoms with van der Waals surface area (Å²) in [7, 11) is -3.58. The molecule has 1 unspecified atom stereocenters. The second-order valence-electron chi connectivity index (χ2n) is 6.23. The fourth-order valence-electron chi connectivity index (χ4n) is 2.48. The molecule has 0 radical (unpaired) electrons. The summed E-state index contributed by atoms with van der Waals surface area (Å²) in [6.45, 7) is 3.09. The van der Waals surface area contributed by atoms with Gasteiger partial charge in [0.2, 0.25) is 0 Å². The highest BCUT2D eigenvalue weighted by Gasteiger charge is 2.39. The molecule has 138 valence electrons. The summed E-state index contributed by atoms with van der Waals surface area (Å²) >= 11 is 5.80. The molecule has 1 atom stereocenters. The molecule has 9 heteroatoms. The lowest BCUT2D eigenvalue weighted by Crippen LogP contribution is -2.28. The highest BCUT2D eigenvalue weighted by molar-refractivity contribution is 8.05. The first kappa shape index (κ1) is 18.4. The van der Waals surface area contributed by atoms with Gasteiger partial charge in [0.15, 0.2) is 26.8 Å². The van der Waals surface area contributed by atoms with Crippen molar-refractivity contribution < 1.29 is 27.5 Å². The number of hydrogen-bond donors (Lipinski definition) is 0. The van der Waals surface area contributed by atoms with E-state index in [0.29, 0.717) is 24.5 Å². The van der Waals surface area contributed by atoms with Crippen molar-refractivity contribution in [2.45, 2.75) is 31.0 Å². The second-order valence-corrected chi connectivity index (χ2v) is 8.48. The molecule has 7 nitrogen and oxygen atoms in total. The Morgan fingerprint density at radius 2 is 2.12 bits per heavy atom. The summed E-state index contributed by atoms with van der Waals surface area (Å²) in [6, 6.07) is 6.91. The maximum atomic E-state index is 12.5. The topological polar surface area (TPSA) is 83.4 Å². The Morgan fingerprint density at radius 3 is 2.80 bits per heavy atom. The molecular weight excluding hydrogens is 370 g/mol. The van der Waals surface area contributed by atoms with Crippen LogP contribution in [0.25, 0.3) is 0 Å². The van der Waals surface area contributed by atoms with E-state index in [-0.39, 0.29) is 36.0 Å². The number of rotatable bonds is 6. The fraction of sp³-hybridized carbons (Fsp3) is 0.562. The Kier molecular flexibility index (Phi) is 5.52. The van der Waals surface area contributed by atoms with E-state index < -0.39 is 15.4 Å². The number of benzene rings is 1.